The van der Waals surface area contributed by atoms with Gasteiger partial charge in [0.15, 0.2) is 5.96 Å². The zero-order chi connectivity index (χ0) is 16.2. The first kappa shape index (κ1) is 16.0. The number of hydrogen-bond donors (Lipinski definition) is 1. The Balaban J connectivity index is 1.53. The number of nitrogens with one attached hydrogen (secondary N) is 1. The van der Waals surface area contributed by atoms with Gasteiger partial charge in [-0.3, -0.25) is 4.99 Å². The molecule has 4 nitrogen and oxygen atoms in total. The number of guanidine groups is 1. The fraction of sp³-hybridized carbons (Fsp3) is 0.588. The van der Waals surface area contributed by atoms with Crippen molar-refractivity contribution in [1.82, 2.24) is 10.2 Å². The summed E-state index contributed by atoms with van der Waals surface area (Å²) in [5.74, 6) is 1.03. The Morgan fingerprint density at radius 1 is 1.22 bits per heavy atom. The van der Waals surface area contributed by atoms with Gasteiger partial charge >= 0.3 is 0 Å². The summed E-state index contributed by atoms with van der Waals surface area (Å²) < 4.78 is 27.2. The second-order valence-electron chi connectivity index (χ2n) is 6.28. The number of hydrogen-bond acceptors (Lipinski definition) is 2. The largest absolute Gasteiger partial charge is 0.366 e. The first-order chi connectivity index (χ1) is 11.2. The van der Waals surface area contributed by atoms with Crippen LogP contribution in [0.4, 0.5) is 14.5 Å². The molecule has 0 unspecified atom stereocenters. The summed E-state index contributed by atoms with van der Waals surface area (Å²) in [4.78, 5) is 8.41. The first-order valence-corrected chi connectivity index (χ1v) is 8.33. The van der Waals surface area contributed by atoms with Gasteiger partial charge in [-0.1, -0.05) is 12.8 Å². The maximum absolute atomic E-state index is 13.9. The zero-order valence-electron chi connectivity index (χ0n) is 13.6. The summed E-state index contributed by atoms with van der Waals surface area (Å²) in [7, 11) is 1.79. The van der Waals surface area contributed by atoms with Gasteiger partial charge in [0, 0.05) is 45.8 Å². The molecule has 1 aromatic rings. The van der Waals surface area contributed by atoms with Crippen LogP contribution in [0.1, 0.15) is 19.3 Å². The van der Waals surface area contributed by atoms with E-state index in [1.807, 2.05) is 4.90 Å². The normalized spacial score (nSPS) is 19.2. The van der Waals surface area contributed by atoms with Crippen molar-refractivity contribution in [2.24, 2.45) is 10.9 Å². The molecule has 1 aliphatic carbocycles. The molecule has 1 saturated carbocycles. The molecule has 1 aliphatic heterocycles. The Bertz CT molecular complexity index is 564. The van der Waals surface area contributed by atoms with Gasteiger partial charge in [-0.2, -0.15) is 0 Å². The van der Waals surface area contributed by atoms with Gasteiger partial charge in [0.05, 0.1) is 5.69 Å². The van der Waals surface area contributed by atoms with E-state index in [-0.39, 0.29) is 5.82 Å². The van der Waals surface area contributed by atoms with E-state index in [9.17, 15) is 8.78 Å². The summed E-state index contributed by atoms with van der Waals surface area (Å²) in [6, 6.07) is 3.61. The lowest BCUT2D eigenvalue weighted by molar-refractivity contribution is 0.370. The van der Waals surface area contributed by atoms with Crippen LogP contribution in [0.3, 0.4) is 0 Å². The van der Waals surface area contributed by atoms with Crippen molar-refractivity contribution >= 4 is 11.6 Å². The zero-order valence-corrected chi connectivity index (χ0v) is 13.6. The molecule has 2 fully saturated rings. The summed E-state index contributed by atoms with van der Waals surface area (Å²) in [6.45, 7) is 3.77. The molecule has 1 saturated heterocycles. The highest BCUT2D eigenvalue weighted by atomic mass is 19.1. The van der Waals surface area contributed by atoms with Crippen LogP contribution in [-0.2, 0) is 0 Å². The molecular weight excluding hydrogens is 298 g/mol. The third kappa shape index (κ3) is 4.12. The van der Waals surface area contributed by atoms with E-state index in [1.165, 1.54) is 31.4 Å². The van der Waals surface area contributed by atoms with E-state index in [2.05, 4.69) is 15.2 Å². The molecule has 0 amide bonds. The number of halogens is 2. The average Bonchev–Trinajstić information content (AvgIpc) is 3.38. The molecule has 3 rings (SSSR count). The number of nitrogens with zero attached hydrogens (tertiary/aromatic N) is 3. The molecule has 0 atom stereocenters. The van der Waals surface area contributed by atoms with Crippen LogP contribution < -0.4 is 10.2 Å². The van der Waals surface area contributed by atoms with Gasteiger partial charge in [-0.05, 0) is 24.5 Å². The van der Waals surface area contributed by atoms with Gasteiger partial charge in [-0.25, -0.2) is 8.78 Å². The second-order valence-corrected chi connectivity index (χ2v) is 6.28. The van der Waals surface area contributed by atoms with Crippen LogP contribution in [0.15, 0.2) is 23.2 Å². The lowest BCUT2D eigenvalue weighted by Gasteiger charge is -2.37. The number of aliphatic imine (C=N–C) groups is 1. The SMILES string of the molecule is CN=C(NCCC1CC1)N1CCN(c2cc(F)ccc2F)CC1. The molecule has 6 heteroatoms. The van der Waals surface area contributed by atoms with Crippen LogP contribution in [0, 0.1) is 17.6 Å². The fourth-order valence-corrected chi connectivity index (χ4v) is 3.01. The summed E-state index contributed by atoms with van der Waals surface area (Å²) in [5, 5.41) is 3.41. The van der Waals surface area contributed by atoms with Crippen molar-refractivity contribution < 1.29 is 8.78 Å². The average molecular weight is 322 g/mol. The monoisotopic (exact) mass is 322 g/mol. The highest BCUT2D eigenvalue weighted by molar-refractivity contribution is 5.80. The Morgan fingerprint density at radius 2 is 1.96 bits per heavy atom. The summed E-state index contributed by atoms with van der Waals surface area (Å²) >= 11 is 0. The molecule has 1 aromatic carbocycles. The lowest BCUT2D eigenvalue weighted by atomic mass is 10.2. The van der Waals surface area contributed by atoms with Gasteiger partial charge in [-0.15, -0.1) is 0 Å². The number of benzene rings is 1. The highest BCUT2D eigenvalue weighted by Gasteiger charge is 2.23. The smallest absolute Gasteiger partial charge is 0.193 e. The topological polar surface area (TPSA) is 30.9 Å². The van der Waals surface area contributed by atoms with Crippen LogP contribution >= 0.6 is 0 Å². The molecular formula is C17H24F2N4. The molecule has 2 aliphatic rings. The fourth-order valence-electron chi connectivity index (χ4n) is 3.01. The van der Waals surface area contributed by atoms with Crippen LogP contribution in [-0.4, -0.2) is 50.6 Å². The summed E-state index contributed by atoms with van der Waals surface area (Å²) in [5.41, 5.74) is 0.348. The van der Waals surface area contributed by atoms with E-state index in [0.29, 0.717) is 18.8 Å². The minimum Gasteiger partial charge on any atom is -0.366 e. The molecule has 0 bridgehead atoms. The quantitative estimate of drug-likeness (QED) is 0.682. The predicted octanol–water partition coefficient (Wildman–Crippen LogP) is 2.46. The summed E-state index contributed by atoms with van der Waals surface area (Å²) in [6.07, 6.45) is 3.92. The molecule has 23 heavy (non-hydrogen) atoms. The second kappa shape index (κ2) is 7.15. The van der Waals surface area contributed by atoms with Crippen molar-refractivity contribution in [3.05, 3.63) is 29.8 Å². The van der Waals surface area contributed by atoms with E-state index < -0.39 is 5.82 Å². The van der Waals surface area contributed by atoms with Crippen molar-refractivity contribution in [1.29, 1.82) is 0 Å². The minimum atomic E-state index is -0.401. The first-order valence-electron chi connectivity index (χ1n) is 8.33. The van der Waals surface area contributed by atoms with Crippen molar-refractivity contribution in [2.45, 2.75) is 19.3 Å². The number of anilines is 1. The Hall–Kier alpha value is -1.85. The highest BCUT2D eigenvalue weighted by Crippen LogP contribution is 2.31. The van der Waals surface area contributed by atoms with Crippen molar-refractivity contribution in [3.63, 3.8) is 0 Å². The van der Waals surface area contributed by atoms with Gasteiger partial charge in [0.2, 0.25) is 0 Å². The maximum Gasteiger partial charge on any atom is 0.193 e. The van der Waals surface area contributed by atoms with Gasteiger partial charge in [0.25, 0.3) is 0 Å². The van der Waals surface area contributed by atoms with E-state index in [4.69, 9.17) is 0 Å². The number of piperazine rings is 1. The standard InChI is InChI=1S/C17H24F2N4/c1-20-17(21-7-6-13-2-3-13)23-10-8-22(9-11-23)16-12-14(18)4-5-15(16)19/h4-5,12-13H,2-3,6-11H2,1H3,(H,20,21). The molecule has 1 heterocycles. The van der Waals surface area contributed by atoms with Gasteiger partial charge < -0.3 is 15.1 Å². The third-order valence-electron chi connectivity index (χ3n) is 4.57. The number of rotatable bonds is 4. The molecule has 1 N–H and O–H groups in total. The van der Waals surface area contributed by atoms with Crippen molar-refractivity contribution in [3.8, 4) is 0 Å². The maximum atomic E-state index is 13.9. The van der Waals surface area contributed by atoms with E-state index in [0.717, 1.165) is 37.6 Å². The Morgan fingerprint density at radius 3 is 2.61 bits per heavy atom. The molecule has 0 spiro atoms. The lowest BCUT2D eigenvalue weighted by Crippen LogP contribution is -2.52. The molecule has 0 radical (unpaired) electrons. The van der Waals surface area contributed by atoms with Gasteiger partial charge in [0.1, 0.15) is 11.6 Å². The predicted molar refractivity (Wildman–Crippen MR) is 88.8 cm³/mol. The van der Waals surface area contributed by atoms with Crippen molar-refractivity contribution in [2.75, 3.05) is 44.7 Å². The van der Waals surface area contributed by atoms with Crippen LogP contribution in [0.2, 0.25) is 0 Å². The third-order valence-corrected chi connectivity index (χ3v) is 4.57. The molecule has 126 valence electrons. The van der Waals surface area contributed by atoms with E-state index in [1.54, 1.807) is 7.05 Å². The van der Waals surface area contributed by atoms with Crippen LogP contribution in [0.5, 0.6) is 0 Å². The minimum absolute atomic E-state index is 0.348. The molecule has 0 aromatic heterocycles. The Labute approximate surface area is 136 Å². The van der Waals surface area contributed by atoms with Crippen LogP contribution in [0.25, 0.3) is 0 Å². The Kier molecular flexibility index (Phi) is 4.98. The van der Waals surface area contributed by atoms with E-state index >= 15 is 0 Å².